The Morgan fingerprint density at radius 1 is 1.00 bits per heavy atom. The zero-order valence-corrected chi connectivity index (χ0v) is 23.3. The van der Waals surface area contributed by atoms with Crippen molar-refractivity contribution in [3.63, 3.8) is 0 Å². The van der Waals surface area contributed by atoms with E-state index in [9.17, 15) is 18.0 Å². The Bertz CT molecular complexity index is 1540. The SMILES string of the molecule is Cc1cc(OCc2nc(-c3ccc(N4CCOCC4)cc3)c(-c3cccc(OC(F)(F)F)c3)s2)ccc1OCC(=O)O. The summed E-state index contributed by atoms with van der Waals surface area (Å²) >= 11 is 1.31. The number of carbonyl (C=O) groups is 1. The van der Waals surface area contributed by atoms with E-state index in [4.69, 9.17) is 24.3 Å². The molecule has 0 amide bonds. The van der Waals surface area contributed by atoms with Crippen LogP contribution in [0, 0.1) is 6.92 Å². The van der Waals surface area contributed by atoms with Gasteiger partial charge in [0, 0.05) is 24.3 Å². The van der Waals surface area contributed by atoms with Crippen molar-refractivity contribution >= 4 is 23.0 Å². The van der Waals surface area contributed by atoms with Gasteiger partial charge in [-0.05, 0) is 60.5 Å². The first-order valence-corrected chi connectivity index (χ1v) is 13.8. The Hall–Kier alpha value is -4.29. The summed E-state index contributed by atoms with van der Waals surface area (Å²) in [7, 11) is 0. The fraction of sp³-hybridized carbons (Fsp3) is 0.267. The molecule has 3 aromatic carbocycles. The highest BCUT2D eigenvalue weighted by Gasteiger charge is 2.31. The van der Waals surface area contributed by atoms with E-state index in [0.29, 0.717) is 51.4 Å². The highest BCUT2D eigenvalue weighted by atomic mass is 32.1. The predicted octanol–water partition coefficient (Wildman–Crippen LogP) is 6.56. The molecule has 0 aliphatic carbocycles. The van der Waals surface area contributed by atoms with Crippen LogP contribution in [-0.2, 0) is 16.1 Å². The van der Waals surface area contributed by atoms with E-state index < -0.39 is 18.9 Å². The first kappa shape index (κ1) is 29.2. The van der Waals surface area contributed by atoms with Gasteiger partial charge in [-0.25, -0.2) is 9.78 Å². The minimum absolute atomic E-state index is 0.108. The molecule has 0 unspecified atom stereocenters. The fourth-order valence-corrected chi connectivity index (χ4v) is 5.46. The summed E-state index contributed by atoms with van der Waals surface area (Å²) in [5, 5.41) is 9.45. The van der Waals surface area contributed by atoms with Gasteiger partial charge >= 0.3 is 12.3 Å². The summed E-state index contributed by atoms with van der Waals surface area (Å²) in [4.78, 5) is 18.5. The van der Waals surface area contributed by atoms with Crippen LogP contribution in [0.3, 0.4) is 0 Å². The first-order valence-electron chi connectivity index (χ1n) is 13.0. The number of hydrogen-bond donors (Lipinski definition) is 1. The molecular formula is C30H27F3N2O6S. The molecule has 0 bridgehead atoms. The number of rotatable bonds is 10. The molecule has 1 aliphatic heterocycles. The van der Waals surface area contributed by atoms with Gasteiger partial charge in [0.1, 0.15) is 28.9 Å². The van der Waals surface area contributed by atoms with E-state index in [1.54, 1.807) is 31.2 Å². The van der Waals surface area contributed by atoms with Gasteiger partial charge in [-0.15, -0.1) is 24.5 Å². The van der Waals surface area contributed by atoms with Gasteiger partial charge in [-0.3, -0.25) is 0 Å². The number of morpholine rings is 1. The summed E-state index contributed by atoms with van der Waals surface area (Å²) in [6.45, 7) is 4.35. The Morgan fingerprint density at radius 3 is 2.45 bits per heavy atom. The van der Waals surface area contributed by atoms with Crippen molar-refractivity contribution in [2.75, 3.05) is 37.8 Å². The molecule has 0 atom stereocenters. The van der Waals surface area contributed by atoms with E-state index >= 15 is 0 Å². The number of aliphatic carboxylic acids is 1. The lowest BCUT2D eigenvalue weighted by molar-refractivity contribution is -0.274. The smallest absolute Gasteiger partial charge is 0.486 e. The Kier molecular flexibility index (Phi) is 8.83. The van der Waals surface area contributed by atoms with Crippen LogP contribution in [0.5, 0.6) is 17.2 Å². The van der Waals surface area contributed by atoms with Gasteiger partial charge in [0.15, 0.2) is 6.61 Å². The average Bonchev–Trinajstić information content (AvgIpc) is 3.40. The molecule has 0 spiro atoms. The third-order valence-electron chi connectivity index (χ3n) is 6.38. The number of anilines is 1. The van der Waals surface area contributed by atoms with Crippen molar-refractivity contribution in [2.24, 2.45) is 0 Å². The number of aryl methyl sites for hydroxylation is 1. The topological polar surface area (TPSA) is 90.4 Å². The van der Waals surface area contributed by atoms with Gasteiger partial charge in [0.2, 0.25) is 0 Å². The number of carboxylic acids is 1. The number of aromatic nitrogens is 1. The lowest BCUT2D eigenvalue weighted by Gasteiger charge is -2.28. The van der Waals surface area contributed by atoms with Crippen molar-refractivity contribution in [1.29, 1.82) is 0 Å². The number of carboxylic acid groups (broad SMARTS) is 1. The second kappa shape index (κ2) is 12.7. The second-order valence-electron chi connectivity index (χ2n) is 9.41. The van der Waals surface area contributed by atoms with Crippen molar-refractivity contribution in [2.45, 2.75) is 19.9 Å². The van der Waals surface area contributed by atoms with Crippen LogP contribution in [0.25, 0.3) is 21.7 Å². The summed E-state index contributed by atoms with van der Waals surface area (Å²) in [6.07, 6.45) is -4.81. The molecule has 2 heterocycles. The van der Waals surface area contributed by atoms with Crippen molar-refractivity contribution in [1.82, 2.24) is 4.98 Å². The van der Waals surface area contributed by atoms with Gasteiger partial charge in [-0.2, -0.15) is 0 Å². The summed E-state index contributed by atoms with van der Waals surface area (Å²) in [5.74, 6) is -0.425. The van der Waals surface area contributed by atoms with Crippen LogP contribution in [0.15, 0.2) is 66.7 Å². The monoisotopic (exact) mass is 600 g/mol. The highest BCUT2D eigenvalue weighted by molar-refractivity contribution is 7.15. The third kappa shape index (κ3) is 7.51. The number of benzene rings is 3. The number of hydrogen-bond acceptors (Lipinski definition) is 8. The van der Waals surface area contributed by atoms with Crippen LogP contribution in [-0.4, -0.2) is 55.3 Å². The quantitative estimate of drug-likeness (QED) is 0.219. The minimum atomic E-state index is -4.81. The van der Waals surface area contributed by atoms with E-state index in [2.05, 4.69) is 9.64 Å². The van der Waals surface area contributed by atoms with E-state index in [-0.39, 0.29) is 12.4 Å². The molecule has 0 radical (unpaired) electrons. The number of thiazole rings is 1. The predicted molar refractivity (Wildman–Crippen MR) is 151 cm³/mol. The molecule has 4 aromatic rings. The Morgan fingerprint density at radius 2 is 1.76 bits per heavy atom. The molecule has 42 heavy (non-hydrogen) atoms. The summed E-state index contributed by atoms with van der Waals surface area (Å²) in [5.41, 5.74) is 3.71. The number of alkyl halides is 3. The minimum Gasteiger partial charge on any atom is -0.486 e. The van der Waals surface area contributed by atoms with E-state index in [0.717, 1.165) is 24.3 Å². The van der Waals surface area contributed by atoms with Gasteiger partial charge in [0.25, 0.3) is 0 Å². The van der Waals surface area contributed by atoms with Gasteiger partial charge < -0.3 is 29.0 Å². The molecule has 1 fully saturated rings. The fourth-order valence-electron chi connectivity index (χ4n) is 4.46. The summed E-state index contributed by atoms with van der Waals surface area (Å²) in [6, 6.07) is 18.7. The Balaban J connectivity index is 1.42. The van der Waals surface area contributed by atoms with Crippen LogP contribution in [0.2, 0.25) is 0 Å². The van der Waals surface area contributed by atoms with Crippen molar-refractivity contribution in [3.8, 4) is 38.9 Å². The van der Waals surface area contributed by atoms with E-state index in [1.165, 1.54) is 29.5 Å². The maximum Gasteiger partial charge on any atom is 0.573 e. The number of nitrogens with zero attached hydrogens (tertiary/aromatic N) is 2. The number of halogens is 3. The summed E-state index contributed by atoms with van der Waals surface area (Å²) < 4.78 is 59.6. The second-order valence-corrected chi connectivity index (χ2v) is 10.5. The highest BCUT2D eigenvalue weighted by Crippen LogP contribution is 2.39. The van der Waals surface area contributed by atoms with Crippen molar-refractivity contribution in [3.05, 3.63) is 77.3 Å². The maximum atomic E-state index is 12.9. The Labute approximate surface area is 243 Å². The maximum absolute atomic E-state index is 12.9. The van der Waals surface area contributed by atoms with Crippen LogP contribution in [0.1, 0.15) is 10.6 Å². The molecule has 8 nitrogen and oxygen atoms in total. The molecule has 5 rings (SSSR count). The van der Waals surface area contributed by atoms with Gasteiger partial charge in [0.05, 0.1) is 23.8 Å². The average molecular weight is 601 g/mol. The molecule has 0 saturated carbocycles. The zero-order valence-electron chi connectivity index (χ0n) is 22.5. The lowest BCUT2D eigenvalue weighted by atomic mass is 10.1. The molecule has 12 heteroatoms. The van der Waals surface area contributed by atoms with E-state index in [1.807, 2.05) is 24.3 Å². The molecule has 1 aliphatic rings. The standard InChI is InChI=1S/C30H27F3N2O6S/c1-19-15-23(9-10-25(19)40-18-27(36)37)39-17-26-34-28(20-5-7-22(8-6-20)35-11-13-38-14-12-35)29(42-26)21-3-2-4-24(16-21)41-30(31,32)33/h2-10,15-16H,11-14,17-18H2,1H3,(H,36,37). The molecule has 220 valence electrons. The lowest BCUT2D eigenvalue weighted by Crippen LogP contribution is -2.36. The van der Waals surface area contributed by atoms with Crippen LogP contribution < -0.4 is 19.1 Å². The molecular weight excluding hydrogens is 573 g/mol. The largest absolute Gasteiger partial charge is 0.573 e. The van der Waals surface area contributed by atoms with Crippen molar-refractivity contribution < 1.29 is 42.0 Å². The molecule has 1 aromatic heterocycles. The normalized spacial score (nSPS) is 13.6. The first-order chi connectivity index (χ1) is 20.1. The third-order valence-corrected chi connectivity index (χ3v) is 7.46. The number of ether oxygens (including phenoxy) is 4. The van der Waals surface area contributed by atoms with Crippen LogP contribution >= 0.6 is 11.3 Å². The molecule has 1 N–H and O–H groups in total. The molecule has 1 saturated heterocycles. The van der Waals surface area contributed by atoms with Gasteiger partial charge in [-0.1, -0.05) is 24.3 Å². The zero-order chi connectivity index (χ0) is 29.7. The van der Waals surface area contributed by atoms with Crippen LogP contribution in [0.4, 0.5) is 18.9 Å².